The van der Waals surface area contributed by atoms with Gasteiger partial charge in [-0.3, -0.25) is 14.0 Å². The number of Topliss-reactive ketones (excluding diaryl/α,β-unsaturated/α-hetero) is 1. The summed E-state index contributed by atoms with van der Waals surface area (Å²) in [5.74, 6) is -0.0158. The first-order valence-corrected chi connectivity index (χ1v) is 9.71. The Hall–Kier alpha value is -3.15. The molecule has 2 heterocycles. The van der Waals surface area contributed by atoms with Crippen LogP contribution in [0.15, 0.2) is 42.6 Å². The van der Waals surface area contributed by atoms with Gasteiger partial charge < -0.3 is 9.47 Å². The first kappa shape index (κ1) is 20.6. The van der Waals surface area contributed by atoms with E-state index in [1.54, 1.807) is 4.40 Å². The maximum absolute atomic E-state index is 13.3. The van der Waals surface area contributed by atoms with Crippen LogP contribution in [0.2, 0.25) is 0 Å². The maximum atomic E-state index is 13.3. The number of benzene rings is 1. The standard InChI is InChI=1S/C23H26N2O4/c1-5-29-20-11-15(2)14-25-22(16(3)24-23(20)25)19(26)12-18(13-21(27)28-4)17-9-7-6-8-10-17/h6-11,14,18H,5,12-13H2,1-4H3/t18-/m0/s1. The molecule has 0 amide bonds. The van der Waals surface area contributed by atoms with Gasteiger partial charge in [0.05, 0.1) is 25.8 Å². The Kier molecular flexibility index (Phi) is 6.32. The third-order valence-corrected chi connectivity index (χ3v) is 4.90. The Morgan fingerprint density at radius 2 is 1.86 bits per heavy atom. The zero-order valence-electron chi connectivity index (χ0n) is 17.3. The Bertz CT molecular complexity index is 1020. The molecule has 2 aromatic heterocycles. The first-order valence-electron chi connectivity index (χ1n) is 9.71. The Labute approximate surface area is 170 Å². The quantitative estimate of drug-likeness (QED) is 0.421. The molecule has 3 aromatic rings. The summed E-state index contributed by atoms with van der Waals surface area (Å²) in [6, 6.07) is 11.5. The van der Waals surface area contributed by atoms with Gasteiger partial charge in [0.2, 0.25) is 0 Å². The van der Waals surface area contributed by atoms with Gasteiger partial charge in [0, 0.05) is 18.5 Å². The van der Waals surface area contributed by atoms with E-state index in [0.717, 1.165) is 11.1 Å². The van der Waals surface area contributed by atoms with E-state index in [9.17, 15) is 9.59 Å². The number of rotatable bonds is 8. The maximum Gasteiger partial charge on any atom is 0.306 e. The summed E-state index contributed by atoms with van der Waals surface area (Å²) in [5.41, 5.74) is 3.70. The summed E-state index contributed by atoms with van der Waals surface area (Å²) in [6.45, 7) is 6.21. The fraction of sp³-hybridized carbons (Fsp3) is 0.348. The number of hydrogen-bond donors (Lipinski definition) is 0. The number of ketones is 1. The van der Waals surface area contributed by atoms with Crippen molar-refractivity contribution in [1.82, 2.24) is 9.38 Å². The molecule has 0 saturated carbocycles. The third-order valence-electron chi connectivity index (χ3n) is 4.90. The van der Waals surface area contributed by atoms with Gasteiger partial charge in [0.1, 0.15) is 5.69 Å². The lowest BCUT2D eigenvalue weighted by atomic mass is 9.90. The second-order valence-corrected chi connectivity index (χ2v) is 7.07. The van der Waals surface area contributed by atoms with Crippen molar-refractivity contribution in [3.63, 3.8) is 0 Å². The lowest BCUT2D eigenvalue weighted by Gasteiger charge is -2.16. The number of aryl methyl sites for hydroxylation is 2. The summed E-state index contributed by atoms with van der Waals surface area (Å²) in [7, 11) is 1.36. The fourth-order valence-corrected chi connectivity index (χ4v) is 3.59. The van der Waals surface area contributed by atoms with Crippen molar-refractivity contribution in [1.29, 1.82) is 0 Å². The molecule has 6 nitrogen and oxygen atoms in total. The topological polar surface area (TPSA) is 69.9 Å². The van der Waals surface area contributed by atoms with E-state index in [-0.39, 0.29) is 30.5 Å². The van der Waals surface area contributed by atoms with Crippen molar-refractivity contribution in [3.05, 3.63) is 65.1 Å². The molecular formula is C23H26N2O4. The number of imidazole rings is 1. The highest BCUT2D eigenvalue weighted by Crippen LogP contribution is 2.29. The third kappa shape index (κ3) is 4.47. The van der Waals surface area contributed by atoms with Crippen LogP contribution < -0.4 is 4.74 Å². The molecule has 1 atom stereocenters. The minimum Gasteiger partial charge on any atom is -0.490 e. The van der Waals surface area contributed by atoms with Gasteiger partial charge in [-0.1, -0.05) is 30.3 Å². The van der Waals surface area contributed by atoms with Crippen LogP contribution in [0.4, 0.5) is 0 Å². The minimum atomic E-state index is -0.337. The number of ether oxygens (including phenoxy) is 2. The summed E-state index contributed by atoms with van der Waals surface area (Å²) in [6.07, 6.45) is 2.22. The van der Waals surface area contributed by atoms with Crippen molar-refractivity contribution in [2.24, 2.45) is 0 Å². The smallest absolute Gasteiger partial charge is 0.306 e. The van der Waals surface area contributed by atoms with E-state index < -0.39 is 0 Å². The van der Waals surface area contributed by atoms with Crippen LogP contribution in [0.25, 0.3) is 5.65 Å². The van der Waals surface area contributed by atoms with Crippen LogP contribution in [-0.2, 0) is 9.53 Å². The summed E-state index contributed by atoms with van der Waals surface area (Å²) in [5, 5.41) is 0. The van der Waals surface area contributed by atoms with Crippen molar-refractivity contribution in [2.45, 2.75) is 39.5 Å². The number of aromatic nitrogens is 2. The molecule has 0 radical (unpaired) electrons. The SMILES string of the molecule is CCOc1cc(C)cn2c(C(=O)C[C@@H](CC(=O)OC)c3ccccc3)c(C)nc12. The Balaban J connectivity index is 1.99. The largest absolute Gasteiger partial charge is 0.490 e. The van der Waals surface area contributed by atoms with Crippen molar-refractivity contribution in [2.75, 3.05) is 13.7 Å². The van der Waals surface area contributed by atoms with Crippen LogP contribution in [0.1, 0.15) is 53.0 Å². The second-order valence-electron chi connectivity index (χ2n) is 7.07. The van der Waals surface area contributed by atoms with Crippen LogP contribution in [0.5, 0.6) is 5.75 Å². The zero-order chi connectivity index (χ0) is 21.0. The molecule has 0 bridgehead atoms. The highest BCUT2D eigenvalue weighted by Gasteiger charge is 2.25. The summed E-state index contributed by atoms with van der Waals surface area (Å²) >= 11 is 0. The molecule has 0 N–H and O–H groups in total. The first-order chi connectivity index (χ1) is 13.9. The molecule has 1 aromatic carbocycles. The lowest BCUT2D eigenvalue weighted by Crippen LogP contribution is -2.15. The van der Waals surface area contributed by atoms with E-state index >= 15 is 0 Å². The molecule has 0 aliphatic carbocycles. The molecule has 3 rings (SSSR count). The number of hydrogen-bond acceptors (Lipinski definition) is 5. The molecule has 0 aliphatic rings. The van der Waals surface area contributed by atoms with Gasteiger partial charge in [0.25, 0.3) is 0 Å². The van der Waals surface area contributed by atoms with Crippen LogP contribution >= 0.6 is 0 Å². The monoisotopic (exact) mass is 394 g/mol. The molecular weight excluding hydrogens is 368 g/mol. The molecule has 0 unspecified atom stereocenters. The van der Waals surface area contributed by atoms with Gasteiger partial charge in [-0.05, 0) is 38.0 Å². The van der Waals surface area contributed by atoms with E-state index in [2.05, 4.69) is 4.98 Å². The molecule has 6 heteroatoms. The normalized spacial score (nSPS) is 12.0. The molecule has 0 fully saturated rings. The Morgan fingerprint density at radius 1 is 1.14 bits per heavy atom. The van der Waals surface area contributed by atoms with Crippen molar-refractivity contribution >= 4 is 17.4 Å². The van der Waals surface area contributed by atoms with E-state index in [4.69, 9.17) is 9.47 Å². The molecule has 152 valence electrons. The summed E-state index contributed by atoms with van der Waals surface area (Å²) in [4.78, 5) is 29.8. The average molecular weight is 394 g/mol. The minimum absolute atomic E-state index is 0.0687. The number of nitrogens with zero attached hydrogens (tertiary/aromatic N) is 2. The highest BCUT2D eigenvalue weighted by molar-refractivity contribution is 5.97. The number of methoxy groups -OCH3 is 1. The highest BCUT2D eigenvalue weighted by atomic mass is 16.5. The number of pyridine rings is 1. The van der Waals surface area contributed by atoms with Gasteiger partial charge in [-0.25, -0.2) is 4.98 Å². The average Bonchev–Trinajstić information content (AvgIpc) is 3.04. The lowest BCUT2D eigenvalue weighted by molar-refractivity contribution is -0.141. The predicted molar refractivity (Wildman–Crippen MR) is 111 cm³/mol. The Morgan fingerprint density at radius 3 is 2.52 bits per heavy atom. The number of fused-ring (bicyclic) bond motifs is 1. The van der Waals surface area contributed by atoms with E-state index in [0.29, 0.717) is 29.4 Å². The zero-order valence-corrected chi connectivity index (χ0v) is 17.3. The molecule has 0 spiro atoms. The van der Waals surface area contributed by atoms with Gasteiger partial charge in [0.15, 0.2) is 17.2 Å². The van der Waals surface area contributed by atoms with Crippen LogP contribution in [0, 0.1) is 13.8 Å². The van der Waals surface area contributed by atoms with Gasteiger partial charge >= 0.3 is 5.97 Å². The number of esters is 1. The number of carbonyl (C=O) groups is 2. The van der Waals surface area contributed by atoms with E-state index in [1.165, 1.54) is 7.11 Å². The van der Waals surface area contributed by atoms with Crippen LogP contribution in [0.3, 0.4) is 0 Å². The molecule has 29 heavy (non-hydrogen) atoms. The molecule has 0 saturated heterocycles. The molecule has 0 aliphatic heterocycles. The number of carbonyl (C=O) groups excluding carboxylic acids is 2. The fourth-order valence-electron chi connectivity index (χ4n) is 3.59. The second kappa shape index (κ2) is 8.90. The predicted octanol–water partition coefficient (Wildman–Crippen LogP) is 4.27. The van der Waals surface area contributed by atoms with E-state index in [1.807, 2.05) is 63.4 Å². The van der Waals surface area contributed by atoms with Gasteiger partial charge in [-0.2, -0.15) is 0 Å². The van der Waals surface area contributed by atoms with Gasteiger partial charge in [-0.15, -0.1) is 0 Å². The van der Waals surface area contributed by atoms with Crippen molar-refractivity contribution < 1.29 is 19.1 Å². The van der Waals surface area contributed by atoms with Crippen LogP contribution in [-0.4, -0.2) is 34.9 Å². The summed E-state index contributed by atoms with van der Waals surface area (Å²) < 4.78 is 12.4. The van der Waals surface area contributed by atoms with Crippen molar-refractivity contribution in [3.8, 4) is 5.75 Å².